The fraction of sp³-hybridized carbons (Fsp3) is 0.667. The van der Waals surface area contributed by atoms with Crippen molar-refractivity contribution < 1.29 is 9.53 Å². The van der Waals surface area contributed by atoms with Crippen molar-refractivity contribution in [2.75, 3.05) is 57.4 Å². The molecule has 0 aliphatic carbocycles. The Balaban J connectivity index is 1.28. The number of carbonyl (C=O) groups excluding carboxylic acids is 1. The van der Waals surface area contributed by atoms with Gasteiger partial charge < -0.3 is 19.4 Å². The number of morpholine rings is 1. The topological polar surface area (TPSA) is 79.1 Å². The molecule has 0 atom stereocenters. The molecule has 9 nitrogen and oxygen atoms in total. The van der Waals surface area contributed by atoms with Crippen LogP contribution < -0.4 is 4.90 Å². The number of aromatic nitrogens is 4. The zero-order valence-electron chi connectivity index (χ0n) is 15.5. The molecular weight excluding hydrogens is 346 g/mol. The second kappa shape index (κ2) is 6.95. The number of rotatable bonds is 2. The van der Waals surface area contributed by atoms with Gasteiger partial charge in [-0.1, -0.05) is 0 Å². The van der Waals surface area contributed by atoms with Gasteiger partial charge in [0.05, 0.1) is 13.2 Å². The molecule has 144 valence electrons. The van der Waals surface area contributed by atoms with Crippen molar-refractivity contribution in [1.82, 2.24) is 29.6 Å². The Bertz CT molecular complexity index is 820. The lowest BCUT2D eigenvalue weighted by Gasteiger charge is -2.36. The number of carbonyl (C=O) groups is 1. The second-order valence-electron chi connectivity index (χ2n) is 7.50. The zero-order valence-corrected chi connectivity index (χ0v) is 15.5. The fourth-order valence-corrected chi connectivity index (χ4v) is 4.05. The smallest absolute Gasteiger partial charge is 0.320 e. The summed E-state index contributed by atoms with van der Waals surface area (Å²) in [4.78, 5) is 18.8. The average molecular weight is 371 g/mol. The third kappa shape index (κ3) is 3.09. The first-order chi connectivity index (χ1) is 13.3. The Morgan fingerprint density at radius 3 is 2.41 bits per heavy atom. The van der Waals surface area contributed by atoms with Crippen LogP contribution >= 0.6 is 0 Å². The highest BCUT2D eigenvalue weighted by Crippen LogP contribution is 2.28. The van der Waals surface area contributed by atoms with Crippen LogP contribution in [0.15, 0.2) is 12.1 Å². The van der Waals surface area contributed by atoms with E-state index in [-0.39, 0.29) is 11.9 Å². The van der Waals surface area contributed by atoms with Gasteiger partial charge in [0.15, 0.2) is 11.5 Å². The summed E-state index contributed by atoms with van der Waals surface area (Å²) < 4.78 is 7.24. The molecule has 3 fully saturated rings. The van der Waals surface area contributed by atoms with Crippen LogP contribution in [0.5, 0.6) is 0 Å². The van der Waals surface area contributed by atoms with E-state index in [1.807, 2.05) is 26.4 Å². The van der Waals surface area contributed by atoms with Crippen LogP contribution in [0.25, 0.3) is 5.65 Å². The Kier molecular flexibility index (Phi) is 4.31. The van der Waals surface area contributed by atoms with Crippen molar-refractivity contribution in [3.8, 4) is 0 Å². The number of amides is 2. The maximum Gasteiger partial charge on any atom is 0.320 e. The number of fused-ring (bicyclic) bond motifs is 1. The van der Waals surface area contributed by atoms with Gasteiger partial charge in [0, 0.05) is 45.2 Å². The predicted molar refractivity (Wildman–Crippen MR) is 98.9 cm³/mol. The Hall–Kier alpha value is -2.42. The number of urea groups is 1. The summed E-state index contributed by atoms with van der Waals surface area (Å²) in [6, 6.07) is 4.16. The highest BCUT2D eigenvalue weighted by atomic mass is 16.5. The van der Waals surface area contributed by atoms with Crippen molar-refractivity contribution in [1.29, 1.82) is 0 Å². The molecule has 27 heavy (non-hydrogen) atoms. The fourth-order valence-electron chi connectivity index (χ4n) is 4.05. The molecule has 0 unspecified atom stereocenters. The first-order valence-corrected chi connectivity index (χ1v) is 9.88. The number of nitrogens with zero attached hydrogens (tertiary/aromatic N) is 7. The third-order valence-electron chi connectivity index (χ3n) is 5.87. The monoisotopic (exact) mass is 371 g/mol. The van der Waals surface area contributed by atoms with Gasteiger partial charge in [0.25, 0.3) is 0 Å². The quantitative estimate of drug-likeness (QED) is 0.783. The molecule has 0 N–H and O–H groups in total. The molecule has 0 bridgehead atoms. The van der Waals surface area contributed by atoms with Gasteiger partial charge in [-0.25, -0.2) is 4.79 Å². The van der Waals surface area contributed by atoms with E-state index in [1.54, 1.807) is 0 Å². The first-order valence-electron chi connectivity index (χ1n) is 9.88. The van der Waals surface area contributed by atoms with Gasteiger partial charge in [0.1, 0.15) is 5.82 Å². The van der Waals surface area contributed by atoms with Crippen LogP contribution in [0.1, 0.15) is 31.0 Å². The predicted octanol–water partition coefficient (Wildman–Crippen LogP) is 0.966. The van der Waals surface area contributed by atoms with Gasteiger partial charge >= 0.3 is 6.03 Å². The number of hydrogen-bond acceptors (Lipinski definition) is 6. The van der Waals surface area contributed by atoms with Crippen molar-refractivity contribution in [2.24, 2.45) is 0 Å². The molecule has 2 aromatic heterocycles. The van der Waals surface area contributed by atoms with E-state index in [2.05, 4.69) is 15.1 Å². The molecule has 0 saturated carbocycles. The summed E-state index contributed by atoms with van der Waals surface area (Å²) in [5.74, 6) is 2.20. The van der Waals surface area contributed by atoms with Crippen LogP contribution in [-0.4, -0.2) is 88.1 Å². The number of likely N-dealkylation sites (tertiary alicyclic amines) is 1. The minimum Gasteiger partial charge on any atom is -0.378 e. The average Bonchev–Trinajstić information content (AvgIpc) is 3.10. The minimum absolute atomic E-state index is 0.140. The molecular formula is C18H25N7O2. The molecule has 9 heteroatoms. The molecule has 0 spiro atoms. The van der Waals surface area contributed by atoms with Gasteiger partial charge in [-0.2, -0.15) is 4.52 Å². The SMILES string of the molecule is O=C(N1CCOCC1)N1CCC(c2nnc3ccc(N4CCC4)nn23)CC1. The van der Waals surface area contributed by atoms with Crippen molar-refractivity contribution in [3.05, 3.63) is 18.0 Å². The lowest BCUT2D eigenvalue weighted by Crippen LogP contribution is -2.50. The summed E-state index contributed by atoms with van der Waals surface area (Å²) in [6.07, 6.45) is 3.02. The van der Waals surface area contributed by atoms with Gasteiger partial charge in [-0.3, -0.25) is 0 Å². The Labute approximate surface area is 157 Å². The Morgan fingerprint density at radius 2 is 1.70 bits per heavy atom. The molecule has 2 aromatic rings. The standard InChI is InChI=1S/C18H25N7O2/c26-18(24-10-12-27-13-11-24)23-8-4-14(5-9-23)17-20-19-15-2-3-16(21-25(15)17)22-6-1-7-22/h2-3,14H,1,4-13H2. The maximum absolute atomic E-state index is 12.7. The van der Waals surface area contributed by atoms with E-state index < -0.39 is 0 Å². The Morgan fingerprint density at radius 1 is 0.963 bits per heavy atom. The molecule has 5 heterocycles. The van der Waals surface area contributed by atoms with Crippen molar-refractivity contribution >= 4 is 17.5 Å². The zero-order chi connectivity index (χ0) is 18.2. The summed E-state index contributed by atoms with van der Waals surface area (Å²) in [5.41, 5.74) is 0.793. The second-order valence-corrected chi connectivity index (χ2v) is 7.50. The van der Waals surface area contributed by atoms with Gasteiger partial charge in [-0.15, -0.1) is 15.3 Å². The van der Waals surface area contributed by atoms with E-state index in [4.69, 9.17) is 9.84 Å². The van der Waals surface area contributed by atoms with E-state index >= 15 is 0 Å². The highest BCUT2D eigenvalue weighted by molar-refractivity contribution is 5.74. The lowest BCUT2D eigenvalue weighted by molar-refractivity contribution is 0.0410. The molecule has 0 radical (unpaired) electrons. The van der Waals surface area contributed by atoms with Crippen molar-refractivity contribution in [3.63, 3.8) is 0 Å². The summed E-state index contributed by atoms with van der Waals surface area (Å²) in [5, 5.41) is 13.5. The number of anilines is 1. The number of hydrogen-bond donors (Lipinski definition) is 0. The molecule has 2 amide bonds. The first kappa shape index (κ1) is 16.7. The molecule has 3 aliphatic rings. The molecule has 0 aromatic carbocycles. The summed E-state index contributed by atoms with van der Waals surface area (Å²) in [7, 11) is 0. The maximum atomic E-state index is 12.7. The highest BCUT2D eigenvalue weighted by Gasteiger charge is 2.30. The largest absolute Gasteiger partial charge is 0.378 e. The summed E-state index contributed by atoms with van der Waals surface area (Å²) in [6.45, 7) is 6.30. The summed E-state index contributed by atoms with van der Waals surface area (Å²) >= 11 is 0. The number of piperidine rings is 1. The van der Waals surface area contributed by atoms with Crippen LogP contribution in [0, 0.1) is 0 Å². The van der Waals surface area contributed by atoms with E-state index in [1.165, 1.54) is 6.42 Å². The van der Waals surface area contributed by atoms with E-state index in [9.17, 15) is 4.79 Å². The van der Waals surface area contributed by atoms with Crippen LogP contribution in [0.2, 0.25) is 0 Å². The van der Waals surface area contributed by atoms with Gasteiger partial charge in [0.2, 0.25) is 0 Å². The van der Waals surface area contributed by atoms with Crippen LogP contribution in [0.3, 0.4) is 0 Å². The van der Waals surface area contributed by atoms with Crippen LogP contribution in [-0.2, 0) is 4.74 Å². The minimum atomic E-state index is 0.140. The molecule has 5 rings (SSSR count). The van der Waals surface area contributed by atoms with E-state index in [0.29, 0.717) is 26.3 Å². The van der Waals surface area contributed by atoms with Crippen molar-refractivity contribution in [2.45, 2.75) is 25.2 Å². The third-order valence-corrected chi connectivity index (χ3v) is 5.87. The van der Waals surface area contributed by atoms with E-state index in [0.717, 1.165) is 56.3 Å². The van der Waals surface area contributed by atoms with Crippen LogP contribution in [0.4, 0.5) is 10.6 Å². The molecule has 3 saturated heterocycles. The lowest BCUT2D eigenvalue weighted by atomic mass is 9.96. The van der Waals surface area contributed by atoms with Gasteiger partial charge in [-0.05, 0) is 31.4 Å². The molecule has 3 aliphatic heterocycles. The number of ether oxygens (including phenoxy) is 1. The normalized spacial score (nSPS) is 21.6.